The summed E-state index contributed by atoms with van der Waals surface area (Å²) in [7, 11) is 1.32. The number of halogens is 2. The first-order valence-electron chi connectivity index (χ1n) is 6.87. The lowest BCUT2D eigenvalue weighted by Crippen LogP contribution is -2.19. The molecule has 0 saturated heterocycles. The summed E-state index contributed by atoms with van der Waals surface area (Å²) in [6.45, 7) is 2.17. The summed E-state index contributed by atoms with van der Waals surface area (Å²) in [4.78, 5) is 11.5. The first-order chi connectivity index (χ1) is 10.5. The number of carbonyl (C=O) groups is 1. The number of ether oxygens (including phenoxy) is 1. The van der Waals surface area contributed by atoms with Gasteiger partial charge in [0.2, 0.25) is 0 Å². The van der Waals surface area contributed by atoms with Gasteiger partial charge in [-0.15, -0.1) is 0 Å². The zero-order valence-electron chi connectivity index (χ0n) is 12.4. The number of nitrogens with one attached hydrogen (secondary N) is 1. The predicted octanol–water partition coefficient (Wildman–Crippen LogP) is 3.60. The lowest BCUT2D eigenvalue weighted by atomic mass is 10.1. The van der Waals surface area contributed by atoms with E-state index in [0.717, 1.165) is 17.7 Å². The summed E-state index contributed by atoms with van der Waals surface area (Å²) < 4.78 is 31.6. The number of hydrogen-bond donors (Lipinski definition) is 1. The van der Waals surface area contributed by atoms with Crippen molar-refractivity contribution in [2.24, 2.45) is 0 Å². The zero-order chi connectivity index (χ0) is 16.1. The number of esters is 1. The van der Waals surface area contributed by atoms with E-state index in [2.05, 4.69) is 10.1 Å². The maximum absolute atomic E-state index is 13.7. The second-order valence-electron chi connectivity index (χ2n) is 4.96. The number of methoxy groups -OCH3 is 1. The molecule has 0 aliphatic rings. The second kappa shape index (κ2) is 7.13. The van der Waals surface area contributed by atoms with Crippen LogP contribution in [0.5, 0.6) is 0 Å². The fourth-order valence-electron chi connectivity index (χ4n) is 2.15. The fourth-order valence-corrected chi connectivity index (χ4v) is 2.15. The SMILES string of the molecule is COC(=O)c1cccc(CNC(C)c2cc(F)ccc2F)c1. The highest BCUT2D eigenvalue weighted by molar-refractivity contribution is 5.89. The Hall–Kier alpha value is -2.27. The summed E-state index contributed by atoms with van der Waals surface area (Å²) in [5.74, 6) is -1.34. The van der Waals surface area contributed by atoms with Gasteiger partial charge in [0, 0.05) is 18.2 Å². The molecule has 3 nitrogen and oxygen atoms in total. The molecule has 5 heteroatoms. The largest absolute Gasteiger partial charge is 0.465 e. The Kier molecular flexibility index (Phi) is 5.22. The van der Waals surface area contributed by atoms with Gasteiger partial charge in [-0.25, -0.2) is 13.6 Å². The van der Waals surface area contributed by atoms with Crippen LogP contribution in [0.15, 0.2) is 42.5 Å². The van der Waals surface area contributed by atoms with Gasteiger partial charge in [-0.05, 0) is 42.8 Å². The molecule has 0 bridgehead atoms. The standard InChI is InChI=1S/C17H17F2NO2/c1-11(15-9-14(18)6-7-16(15)19)20-10-12-4-3-5-13(8-12)17(21)22-2/h3-9,11,20H,10H2,1-2H3. The Bertz CT molecular complexity index is 673. The summed E-state index contributed by atoms with van der Waals surface area (Å²) in [5, 5.41) is 3.11. The fraction of sp³-hybridized carbons (Fsp3) is 0.235. The van der Waals surface area contributed by atoms with E-state index in [1.54, 1.807) is 25.1 Å². The van der Waals surface area contributed by atoms with E-state index < -0.39 is 17.6 Å². The smallest absolute Gasteiger partial charge is 0.337 e. The van der Waals surface area contributed by atoms with Crippen LogP contribution in [0.2, 0.25) is 0 Å². The molecule has 116 valence electrons. The van der Waals surface area contributed by atoms with E-state index in [4.69, 9.17) is 0 Å². The van der Waals surface area contributed by atoms with Gasteiger partial charge in [-0.2, -0.15) is 0 Å². The third-order valence-corrected chi connectivity index (χ3v) is 3.39. The van der Waals surface area contributed by atoms with E-state index in [9.17, 15) is 13.6 Å². The Balaban J connectivity index is 2.06. The van der Waals surface area contributed by atoms with Crippen LogP contribution >= 0.6 is 0 Å². The van der Waals surface area contributed by atoms with Gasteiger partial charge in [-0.1, -0.05) is 12.1 Å². The topological polar surface area (TPSA) is 38.3 Å². The first-order valence-corrected chi connectivity index (χ1v) is 6.87. The number of hydrogen-bond acceptors (Lipinski definition) is 3. The molecule has 2 aromatic carbocycles. The van der Waals surface area contributed by atoms with Gasteiger partial charge >= 0.3 is 5.97 Å². The molecular weight excluding hydrogens is 288 g/mol. The molecule has 0 heterocycles. The highest BCUT2D eigenvalue weighted by Gasteiger charge is 2.12. The van der Waals surface area contributed by atoms with Crippen LogP contribution < -0.4 is 5.32 Å². The summed E-state index contributed by atoms with van der Waals surface area (Å²) in [6, 6.07) is 9.96. The molecule has 0 radical (unpaired) electrons. The van der Waals surface area contributed by atoms with Crippen LogP contribution in [0.3, 0.4) is 0 Å². The van der Waals surface area contributed by atoms with Crippen molar-refractivity contribution in [3.8, 4) is 0 Å². The van der Waals surface area contributed by atoms with E-state index in [-0.39, 0.29) is 11.6 Å². The number of rotatable bonds is 5. The molecule has 2 rings (SSSR count). The Morgan fingerprint density at radius 3 is 2.73 bits per heavy atom. The normalized spacial score (nSPS) is 12.0. The van der Waals surface area contributed by atoms with E-state index in [0.29, 0.717) is 12.1 Å². The first kappa shape index (κ1) is 16.1. The monoisotopic (exact) mass is 305 g/mol. The minimum absolute atomic E-state index is 0.268. The number of benzene rings is 2. The third kappa shape index (κ3) is 3.89. The average molecular weight is 305 g/mol. The van der Waals surface area contributed by atoms with Crippen molar-refractivity contribution in [1.82, 2.24) is 5.32 Å². The van der Waals surface area contributed by atoms with Gasteiger partial charge < -0.3 is 10.1 Å². The molecule has 2 aromatic rings. The van der Waals surface area contributed by atoms with Gasteiger partial charge in [-0.3, -0.25) is 0 Å². The summed E-state index contributed by atoms with van der Waals surface area (Å²) in [5.41, 5.74) is 1.57. The lowest BCUT2D eigenvalue weighted by molar-refractivity contribution is 0.0600. The maximum Gasteiger partial charge on any atom is 0.337 e. The van der Waals surface area contributed by atoms with Crippen molar-refractivity contribution < 1.29 is 18.3 Å². The number of carbonyl (C=O) groups excluding carboxylic acids is 1. The third-order valence-electron chi connectivity index (χ3n) is 3.39. The van der Waals surface area contributed by atoms with Crippen molar-refractivity contribution in [3.63, 3.8) is 0 Å². The van der Waals surface area contributed by atoms with Crippen molar-refractivity contribution in [3.05, 3.63) is 70.8 Å². The van der Waals surface area contributed by atoms with Crippen LogP contribution in [0.4, 0.5) is 8.78 Å². The van der Waals surface area contributed by atoms with Crippen LogP contribution in [0, 0.1) is 11.6 Å². The molecule has 0 aliphatic heterocycles. The van der Waals surface area contributed by atoms with E-state index in [1.165, 1.54) is 13.2 Å². The van der Waals surface area contributed by atoms with Gasteiger partial charge in [0.25, 0.3) is 0 Å². The highest BCUT2D eigenvalue weighted by Crippen LogP contribution is 2.18. The van der Waals surface area contributed by atoms with Gasteiger partial charge in [0.05, 0.1) is 12.7 Å². The summed E-state index contributed by atoms with van der Waals surface area (Å²) >= 11 is 0. The second-order valence-corrected chi connectivity index (χ2v) is 4.96. The van der Waals surface area contributed by atoms with E-state index >= 15 is 0 Å². The van der Waals surface area contributed by atoms with Crippen molar-refractivity contribution in [2.75, 3.05) is 7.11 Å². The van der Waals surface area contributed by atoms with Crippen molar-refractivity contribution >= 4 is 5.97 Å². The average Bonchev–Trinajstić information content (AvgIpc) is 2.54. The Labute approximate surface area is 127 Å². The van der Waals surface area contributed by atoms with Gasteiger partial charge in [0.1, 0.15) is 11.6 Å². The molecular formula is C17H17F2NO2. The zero-order valence-corrected chi connectivity index (χ0v) is 12.4. The minimum atomic E-state index is -0.474. The molecule has 0 aromatic heterocycles. The van der Waals surface area contributed by atoms with Gasteiger partial charge in [0.15, 0.2) is 0 Å². The highest BCUT2D eigenvalue weighted by atomic mass is 19.1. The molecule has 0 saturated carbocycles. The molecule has 0 spiro atoms. The minimum Gasteiger partial charge on any atom is -0.465 e. The van der Waals surface area contributed by atoms with Crippen LogP contribution in [0.25, 0.3) is 0 Å². The van der Waals surface area contributed by atoms with Crippen molar-refractivity contribution in [1.29, 1.82) is 0 Å². The van der Waals surface area contributed by atoms with Crippen LogP contribution in [-0.2, 0) is 11.3 Å². The molecule has 1 N–H and O–H groups in total. The Morgan fingerprint density at radius 1 is 1.23 bits per heavy atom. The predicted molar refractivity (Wildman–Crippen MR) is 79.4 cm³/mol. The molecule has 22 heavy (non-hydrogen) atoms. The molecule has 1 unspecified atom stereocenters. The maximum atomic E-state index is 13.7. The van der Waals surface area contributed by atoms with E-state index in [1.807, 2.05) is 6.07 Å². The van der Waals surface area contributed by atoms with Crippen LogP contribution in [-0.4, -0.2) is 13.1 Å². The quantitative estimate of drug-likeness (QED) is 0.858. The Morgan fingerprint density at radius 2 is 2.00 bits per heavy atom. The lowest BCUT2D eigenvalue weighted by Gasteiger charge is -2.15. The summed E-state index contributed by atoms with van der Waals surface area (Å²) in [6.07, 6.45) is 0. The van der Waals surface area contributed by atoms with Crippen LogP contribution in [0.1, 0.15) is 34.5 Å². The molecule has 0 fully saturated rings. The molecule has 0 aliphatic carbocycles. The molecule has 1 atom stereocenters. The van der Waals surface area contributed by atoms with Crippen molar-refractivity contribution in [2.45, 2.75) is 19.5 Å². The molecule has 0 amide bonds.